The van der Waals surface area contributed by atoms with E-state index in [4.69, 9.17) is 11.5 Å². The topological polar surface area (TPSA) is 148 Å². The molecule has 1 aliphatic heterocycles. The van der Waals surface area contributed by atoms with E-state index in [0.717, 1.165) is 50.2 Å². The Bertz CT molecular complexity index is 1120. The van der Waals surface area contributed by atoms with Gasteiger partial charge in [0.15, 0.2) is 17.0 Å². The van der Waals surface area contributed by atoms with E-state index in [1.807, 2.05) is 25.2 Å². The second kappa shape index (κ2) is 9.73. The summed E-state index contributed by atoms with van der Waals surface area (Å²) in [6, 6.07) is 5.92. The van der Waals surface area contributed by atoms with Gasteiger partial charge < -0.3 is 27.0 Å². The molecule has 10 nitrogen and oxygen atoms in total. The number of nitrogens with two attached hydrogens (primary N) is 2. The van der Waals surface area contributed by atoms with Gasteiger partial charge in [-0.2, -0.15) is 9.97 Å². The van der Waals surface area contributed by atoms with Crippen LogP contribution in [0.1, 0.15) is 40.9 Å². The highest BCUT2D eigenvalue weighted by Crippen LogP contribution is 2.29. The van der Waals surface area contributed by atoms with Crippen LogP contribution < -0.4 is 27.0 Å². The number of hydrogen-bond acceptors (Lipinski definition) is 9. The van der Waals surface area contributed by atoms with Gasteiger partial charge in [0.2, 0.25) is 5.95 Å². The van der Waals surface area contributed by atoms with Gasteiger partial charge >= 0.3 is 0 Å². The van der Waals surface area contributed by atoms with Crippen molar-refractivity contribution in [3.8, 4) is 0 Å². The van der Waals surface area contributed by atoms with Crippen molar-refractivity contribution < 1.29 is 4.79 Å². The van der Waals surface area contributed by atoms with Gasteiger partial charge in [-0.05, 0) is 63.0 Å². The quantitative estimate of drug-likeness (QED) is 0.384. The maximum atomic E-state index is 12.5. The van der Waals surface area contributed by atoms with E-state index in [9.17, 15) is 4.79 Å². The van der Waals surface area contributed by atoms with Crippen molar-refractivity contribution >= 4 is 34.5 Å². The largest absolute Gasteiger partial charge is 0.382 e. The first-order valence-electron chi connectivity index (χ1n) is 10.9. The number of nitrogens with zero attached hydrogens (tertiary/aromatic N) is 5. The van der Waals surface area contributed by atoms with Gasteiger partial charge in [-0.3, -0.25) is 4.79 Å². The first kappa shape index (κ1) is 21.7. The Kier molecular flexibility index (Phi) is 6.60. The molecule has 0 spiro atoms. The van der Waals surface area contributed by atoms with Gasteiger partial charge in [-0.25, -0.2) is 9.97 Å². The second-order valence-corrected chi connectivity index (χ2v) is 7.94. The van der Waals surface area contributed by atoms with Crippen LogP contribution in [0.25, 0.3) is 11.2 Å². The molecule has 32 heavy (non-hydrogen) atoms. The lowest BCUT2D eigenvalue weighted by Crippen LogP contribution is -2.30. The van der Waals surface area contributed by atoms with Crippen LogP contribution in [-0.4, -0.2) is 52.5 Å². The standard InChI is InChI=1S/C22H29N9O/c1-25-8-2-3-9-26-21(32)15-6-7-17-14(11-15)5-4-10-31(17)13-16-12-27-20-18(28-16)19(23)29-22(24)30-20/h6-7,11-12,25H,2-5,8-10,13H2,1H3,(H,26,32)(H4,23,24,27,29,30). The maximum absolute atomic E-state index is 12.5. The number of amides is 1. The molecule has 10 heteroatoms. The SMILES string of the molecule is CNCCCCNC(=O)c1ccc2c(c1)CCCN2Cc1cnc2nc(N)nc(N)c2n1. The lowest BCUT2D eigenvalue weighted by atomic mass is 9.98. The molecule has 1 aromatic carbocycles. The van der Waals surface area contributed by atoms with E-state index in [1.54, 1.807) is 6.20 Å². The molecule has 168 valence electrons. The number of rotatable bonds is 8. The van der Waals surface area contributed by atoms with E-state index in [2.05, 4.69) is 35.5 Å². The summed E-state index contributed by atoms with van der Waals surface area (Å²) in [4.78, 5) is 31.8. The van der Waals surface area contributed by atoms with Crippen LogP contribution in [0.5, 0.6) is 0 Å². The molecule has 1 aliphatic rings. The minimum Gasteiger partial charge on any atom is -0.382 e. The number of carbonyl (C=O) groups excluding carboxylic acids is 1. The molecular formula is C22H29N9O. The molecule has 0 radical (unpaired) electrons. The highest BCUT2D eigenvalue weighted by molar-refractivity contribution is 5.95. The molecule has 3 aromatic rings. The molecule has 0 fully saturated rings. The van der Waals surface area contributed by atoms with Crippen molar-refractivity contribution in [3.05, 3.63) is 41.2 Å². The third kappa shape index (κ3) is 4.86. The number of unbranched alkanes of at least 4 members (excludes halogenated alkanes) is 1. The second-order valence-electron chi connectivity index (χ2n) is 7.94. The Morgan fingerprint density at radius 2 is 2.00 bits per heavy atom. The lowest BCUT2D eigenvalue weighted by Gasteiger charge is -2.31. The van der Waals surface area contributed by atoms with Crippen LogP contribution >= 0.6 is 0 Å². The van der Waals surface area contributed by atoms with E-state index in [1.165, 1.54) is 5.56 Å². The average Bonchev–Trinajstić information content (AvgIpc) is 2.79. The number of nitrogen functional groups attached to an aromatic ring is 2. The molecule has 2 aromatic heterocycles. The molecule has 0 unspecified atom stereocenters. The molecule has 0 saturated heterocycles. The number of fused-ring (bicyclic) bond motifs is 2. The third-order valence-electron chi connectivity index (χ3n) is 5.55. The number of nitrogens with one attached hydrogen (secondary N) is 2. The minimum atomic E-state index is -0.0236. The van der Waals surface area contributed by atoms with Crippen molar-refractivity contribution in [2.24, 2.45) is 0 Å². The monoisotopic (exact) mass is 435 g/mol. The molecule has 1 amide bonds. The summed E-state index contributed by atoms with van der Waals surface area (Å²) in [5.74, 6) is 0.284. The van der Waals surface area contributed by atoms with Crippen LogP contribution in [0.4, 0.5) is 17.5 Å². The van der Waals surface area contributed by atoms with Gasteiger partial charge in [0.1, 0.15) is 0 Å². The molecule has 0 bridgehead atoms. The van der Waals surface area contributed by atoms with Crippen molar-refractivity contribution in [3.63, 3.8) is 0 Å². The minimum absolute atomic E-state index is 0.0236. The first-order valence-corrected chi connectivity index (χ1v) is 10.9. The summed E-state index contributed by atoms with van der Waals surface area (Å²) < 4.78 is 0. The summed E-state index contributed by atoms with van der Waals surface area (Å²) >= 11 is 0. The number of aromatic nitrogens is 4. The number of carbonyl (C=O) groups is 1. The van der Waals surface area contributed by atoms with Crippen molar-refractivity contribution in [1.29, 1.82) is 0 Å². The van der Waals surface area contributed by atoms with Gasteiger partial charge in [-0.1, -0.05) is 0 Å². The molecular weight excluding hydrogens is 406 g/mol. The summed E-state index contributed by atoms with van der Waals surface area (Å²) in [6.45, 7) is 3.12. The Balaban J connectivity index is 1.47. The van der Waals surface area contributed by atoms with Crippen LogP contribution in [0.15, 0.2) is 24.4 Å². The zero-order valence-corrected chi connectivity index (χ0v) is 18.3. The third-order valence-corrected chi connectivity index (χ3v) is 5.55. The van der Waals surface area contributed by atoms with Gasteiger partial charge in [0.25, 0.3) is 5.91 Å². The van der Waals surface area contributed by atoms with Crippen molar-refractivity contribution in [1.82, 2.24) is 30.6 Å². The zero-order chi connectivity index (χ0) is 22.5. The molecule has 6 N–H and O–H groups in total. The number of aryl methyl sites for hydroxylation is 1. The van der Waals surface area contributed by atoms with Crippen LogP contribution in [0.3, 0.4) is 0 Å². The number of anilines is 3. The predicted octanol–water partition coefficient (Wildman–Crippen LogP) is 1.27. The summed E-state index contributed by atoms with van der Waals surface area (Å²) in [5.41, 5.74) is 16.2. The van der Waals surface area contributed by atoms with E-state index >= 15 is 0 Å². The lowest BCUT2D eigenvalue weighted by molar-refractivity contribution is 0.0953. The van der Waals surface area contributed by atoms with Crippen molar-refractivity contribution in [2.45, 2.75) is 32.2 Å². The Labute approximate surface area is 186 Å². The highest BCUT2D eigenvalue weighted by Gasteiger charge is 2.20. The number of hydrogen-bond donors (Lipinski definition) is 4. The smallest absolute Gasteiger partial charge is 0.251 e. The summed E-state index contributed by atoms with van der Waals surface area (Å²) in [5, 5.41) is 6.12. The maximum Gasteiger partial charge on any atom is 0.251 e. The van der Waals surface area contributed by atoms with Crippen LogP contribution in [0.2, 0.25) is 0 Å². The Morgan fingerprint density at radius 3 is 2.84 bits per heavy atom. The average molecular weight is 436 g/mol. The first-order chi connectivity index (χ1) is 15.5. The molecule has 0 atom stereocenters. The van der Waals surface area contributed by atoms with Gasteiger partial charge in [-0.15, -0.1) is 0 Å². The highest BCUT2D eigenvalue weighted by atomic mass is 16.1. The Morgan fingerprint density at radius 1 is 1.16 bits per heavy atom. The predicted molar refractivity (Wildman–Crippen MR) is 125 cm³/mol. The fourth-order valence-electron chi connectivity index (χ4n) is 3.97. The molecule has 3 heterocycles. The van der Waals surface area contributed by atoms with Crippen molar-refractivity contribution in [2.75, 3.05) is 43.0 Å². The van der Waals surface area contributed by atoms with Crippen LogP contribution in [0, 0.1) is 0 Å². The van der Waals surface area contributed by atoms with E-state index in [0.29, 0.717) is 29.8 Å². The van der Waals surface area contributed by atoms with E-state index in [-0.39, 0.29) is 17.7 Å². The normalized spacial score (nSPS) is 13.2. The van der Waals surface area contributed by atoms with Crippen LogP contribution in [-0.2, 0) is 13.0 Å². The molecule has 4 rings (SSSR count). The fraction of sp³-hybridized carbons (Fsp3) is 0.409. The molecule has 0 saturated carbocycles. The molecule has 0 aliphatic carbocycles. The Hall–Kier alpha value is -3.53. The van der Waals surface area contributed by atoms with Gasteiger partial charge in [0, 0.05) is 24.3 Å². The summed E-state index contributed by atoms with van der Waals surface area (Å²) in [7, 11) is 1.93. The fourth-order valence-corrected chi connectivity index (χ4v) is 3.97. The van der Waals surface area contributed by atoms with E-state index < -0.39 is 0 Å². The summed E-state index contributed by atoms with van der Waals surface area (Å²) in [6.07, 6.45) is 5.64. The van der Waals surface area contributed by atoms with Gasteiger partial charge in [0.05, 0.1) is 18.4 Å². The number of benzene rings is 1. The zero-order valence-electron chi connectivity index (χ0n) is 18.3.